The van der Waals surface area contributed by atoms with Gasteiger partial charge in [-0.05, 0) is 85.3 Å². The number of rotatable bonds is 8. The molecule has 2 amide bonds. The van der Waals surface area contributed by atoms with Crippen LogP contribution in [-0.4, -0.2) is 63.2 Å². The molecular weight excluding hydrogens is 944 g/mol. The molecular formula is C54H47ClN14O4. The SMILES string of the molecule is C#CCN.C[C@H](NC(=O)c1c(N)nn2cccnc12)c1cc2cccc(C#CCN)c2c(=O)n1-c1ccccc1.C[C@H](NC(=O)c1c(N)nn2cccnc12)c1cc2cccc(Cl)c2c(=O)n1-c1ccccc1. The number of fused-ring (bicyclic) bond motifs is 4. The molecule has 6 heterocycles. The first-order chi connectivity index (χ1) is 35.4. The molecule has 0 spiro atoms. The molecule has 0 aliphatic heterocycles. The number of aromatic nitrogens is 8. The number of carbonyl (C=O) groups is 2. The Balaban J connectivity index is 0.000000182. The number of anilines is 2. The molecule has 6 aromatic heterocycles. The first-order valence-corrected chi connectivity index (χ1v) is 23.0. The maximum atomic E-state index is 13.9. The van der Waals surface area contributed by atoms with E-state index in [0.717, 1.165) is 0 Å². The summed E-state index contributed by atoms with van der Waals surface area (Å²) in [6.45, 7) is 4.15. The molecule has 2 atom stereocenters. The van der Waals surface area contributed by atoms with Gasteiger partial charge in [0.05, 0.1) is 41.0 Å². The maximum Gasteiger partial charge on any atom is 0.264 e. The molecule has 0 saturated heterocycles. The van der Waals surface area contributed by atoms with Gasteiger partial charge in [-0.1, -0.05) is 90.0 Å². The molecule has 0 radical (unpaired) electrons. The number of halogens is 1. The Kier molecular flexibility index (Phi) is 15.0. The van der Waals surface area contributed by atoms with E-state index < -0.39 is 23.9 Å². The van der Waals surface area contributed by atoms with Crippen LogP contribution in [0.4, 0.5) is 11.6 Å². The Hall–Kier alpha value is -9.59. The molecule has 19 heteroatoms. The molecule has 0 aliphatic carbocycles. The molecule has 0 saturated carbocycles. The summed E-state index contributed by atoms with van der Waals surface area (Å²) in [5, 5.41) is 16.9. The summed E-state index contributed by atoms with van der Waals surface area (Å²) in [7, 11) is 0. The number of amides is 2. The number of nitrogens with two attached hydrogens (primary N) is 4. The van der Waals surface area contributed by atoms with E-state index in [2.05, 4.69) is 55.0 Å². The second-order valence-electron chi connectivity index (χ2n) is 16.2. The number of benzene rings is 4. The fraction of sp³-hybridized carbons (Fsp3) is 0.111. The van der Waals surface area contributed by atoms with E-state index in [4.69, 9.17) is 34.5 Å². The maximum absolute atomic E-state index is 13.9. The minimum Gasteiger partial charge on any atom is -0.381 e. The lowest BCUT2D eigenvalue weighted by molar-refractivity contribution is 0.0932. The van der Waals surface area contributed by atoms with E-state index in [1.165, 1.54) is 9.03 Å². The van der Waals surface area contributed by atoms with Crippen molar-refractivity contribution in [2.24, 2.45) is 11.5 Å². The lowest BCUT2D eigenvalue weighted by Gasteiger charge is -2.21. The average molecular weight is 992 g/mol. The normalized spacial score (nSPS) is 11.6. The smallest absolute Gasteiger partial charge is 0.264 e. The highest BCUT2D eigenvalue weighted by molar-refractivity contribution is 6.35. The Bertz CT molecular complexity index is 3930. The zero-order valence-electron chi connectivity index (χ0n) is 39.4. The topological polar surface area (TPSA) is 267 Å². The monoisotopic (exact) mass is 990 g/mol. The number of hydrogen-bond donors (Lipinski definition) is 6. The minimum atomic E-state index is -0.563. The Labute approximate surface area is 422 Å². The Morgan fingerprint density at radius 3 is 1.56 bits per heavy atom. The van der Waals surface area contributed by atoms with Crippen LogP contribution in [0.2, 0.25) is 5.02 Å². The van der Waals surface area contributed by atoms with Gasteiger partial charge in [-0.15, -0.1) is 16.6 Å². The van der Waals surface area contributed by atoms with Crippen LogP contribution in [-0.2, 0) is 0 Å². The fourth-order valence-corrected chi connectivity index (χ4v) is 8.49. The molecule has 0 aliphatic rings. The standard InChI is InChI=1S/C27H23N7O2.C24H19ClN6O2.C3H5N/c1-17(31-26(35)23-24(29)32-33-15-7-14-30-25(23)33)21-16-19-9-5-8-18(10-6-13-28)22(19)27(36)34(21)20-11-3-2-4-12-20;1-14(28-23(32)20-21(26)29-30-12-6-11-27-22(20)30)18-13-15-7-5-10-17(25)19(15)24(33)31(18)16-8-3-2-4-9-16;1-2-3-4/h2-5,7-9,11-12,14-17H,13,28H2,1H3,(H2,29,32)(H,31,35);2-14H,1H3,(H2,26,29)(H,28,32);1H,3-4H2/t17-;14-;/m00./s1. The van der Waals surface area contributed by atoms with E-state index in [1.807, 2.05) is 97.9 Å². The Morgan fingerprint density at radius 2 is 1.10 bits per heavy atom. The lowest BCUT2D eigenvalue weighted by atomic mass is 10.0. The molecule has 364 valence electrons. The predicted octanol–water partition coefficient (Wildman–Crippen LogP) is 5.76. The van der Waals surface area contributed by atoms with E-state index >= 15 is 0 Å². The second-order valence-corrected chi connectivity index (χ2v) is 16.6. The van der Waals surface area contributed by atoms with Gasteiger partial charge in [0.25, 0.3) is 22.9 Å². The van der Waals surface area contributed by atoms with Gasteiger partial charge >= 0.3 is 0 Å². The summed E-state index contributed by atoms with van der Waals surface area (Å²) < 4.78 is 6.07. The van der Waals surface area contributed by atoms with Crippen LogP contribution in [0.5, 0.6) is 0 Å². The minimum absolute atomic E-state index is 0.0699. The number of hydrogen-bond acceptors (Lipinski definition) is 12. The van der Waals surface area contributed by atoms with Crippen LogP contribution >= 0.6 is 11.6 Å². The number of nitrogens with one attached hydrogen (secondary N) is 2. The fourth-order valence-electron chi connectivity index (χ4n) is 8.23. The third-order valence-electron chi connectivity index (χ3n) is 11.5. The van der Waals surface area contributed by atoms with Gasteiger partial charge in [-0.2, -0.15) is 0 Å². The summed E-state index contributed by atoms with van der Waals surface area (Å²) in [5.74, 6) is 7.30. The molecule has 0 unspecified atom stereocenters. The lowest BCUT2D eigenvalue weighted by Crippen LogP contribution is -2.32. The molecule has 0 bridgehead atoms. The molecule has 10 rings (SSSR count). The van der Waals surface area contributed by atoms with Crippen LogP contribution in [0.25, 0.3) is 44.2 Å². The van der Waals surface area contributed by atoms with Crippen molar-refractivity contribution in [1.82, 2.24) is 49.0 Å². The van der Waals surface area contributed by atoms with Gasteiger partial charge in [0.1, 0.15) is 11.1 Å². The molecule has 4 aromatic carbocycles. The van der Waals surface area contributed by atoms with E-state index in [-0.39, 0.29) is 40.4 Å². The summed E-state index contributed by atoms with van der Waals surface area (Å²) >= 11 is 6.37. The van der Waals surface area contributed by atoms with Gasteiger partial charge < -0.3 is 33.6 Å². The van der Waals surface area contributed by atoms with Gasteiger partial charge in [0.2, 0.25) is 0 Å². The second kappa shape index (κ2) is 22.0. The number of carbonyl (C=O) groups excluding carboxylic acids is 2. The van der Waals surface area contributed by atoms with Crippen LogP contribution in [0.1, 0.15) is 63.6 Å². The quantitative estimate of drug-likeness (QED) is 0.0994. The highest BCUT2D eigenvalue weighted by Gasteiger charge is 2.26. The summed E-state index contributed by atoms with van der Waals surface area (Å²) in [4.78, 5) is 62.4. The van der Waals surface area contributed by atoms with Crippen molar-refractivity contribution in [1.29, 1.82) is 0 Å². The van der Waals surface area contributed by atoms with Crippen LogP contribution in [0.3, 0.4) is 0 Å². The van der Waals surface area contributed by atoms with E-state index in [1.54, 1.807) is 71.2 Å². The number of terminal acetylenes is 1. The predicted molar refractivity (Wildman–Crippen MR) is 284 cm³/mol. The molecule has 10 aromatic rings. The number of nitrogen functional groups attached to an aromatic ring is 2. The van der Waals surface area contributed by atoms with Gasteiger partial charge in [-0.25, -0.2) is 19.0 Å². The molecule has 73 heavy (non-hydrogen) atoms. The van der Waals surface area contributed by atoms with Crippen LogP contribution < -0.4 is 44.7 Å². The summed E-state index contributed by atoms with van der Waals surface area (Å²) in [6.07, 6.45) is 11.1. The zero-order valence-corrected chi connectivity index (χ0v) is 40.2. The summed E-state index contributed by atoms with van der Waals surface area (Å²) in [5.41, 5.74) is 26.1. The van der Waals surface area contributed by atoms with E-state index in [0.29, 0.717) is 72.7 Å². The van der Waals surface area contributed by atoms with Crippen molar-refractivity contribution in [3.05, 3.63) is 200 Å². The van der Waals surface area contributed by atoms with Gasteiger partial charge in [-0.3, -0.25) is 28.3 Å². The van der Waals surface area contributed by atoms with Crippen molar-refractivity contribution >= 4 is 67.9 Å². The number of nitrogens with zero attached hydrogens (tertiary/aromatic N) is 8. The summed E-state index contributed by atoms with van der Waals surface area (Å²) in [6, 6.07) is 35.3. The van der Waals surface area contributed by atoms with Crippen LogP contribution in [0, 0.1) is 24.2 Å². The van der Waals surface area contributed by atoms with Crippen molar-refractivity contribution in [3.8, 4) is 35.6 Å². The zero-order chi connectivity index (χ0) is 51.8. The highest BCUT2D eigenvalue weighted by Crippen LogP contribution is 2.28. The van der Waals surface area contributed by atoms with Crippen molar-refractivity contribution in [3.63, 3.8) is 0 Å². The molecule has 0 fully saturated rings. The Morgan fingerprint density at radius 1 is 0.644 bits per heavy atom. The average Bonchev–Trinajstić information content (AvgIpc) is 3.93. The first kappa shape index (κ1) is 49.8. The third-order valence-corrected chi connectivity index (χ3v) is 11.8. The van der Waals surface area contributed by atoms with Crippen molar-refractivity contribution in [2.45, 2.75) is 25.9 Å². The molecule has 10 N–H and O–H groups in total. The van der Waals surface area contributed by atoms with Gasteiger partial charge in [0, 0.05) is 53.1 Å². The number of pyridine rings is 2. The van der Waals surface area contributed by atoms with Gasteiger partial charge in [0.15, 0.2) is 22.9 Å². The largest absolute Gasteiger partial charge is 0.381 e. The van der Waals surface area contributed by atoms with Crippen molar-refractivity contribution < 1.29 is 9.59 Å². The van der Waals surface area contributed by atoms with E-state index in [9.17, 15) is 19.2 Å². The number of para-hydroxylation sites is 2. The first-order valence-electron chi connectivity index (χ1n) is 22.6. The third kappa shape index (κ3) is 10.2. The van der Waals surface area contributed by atoms with Crippen LogP contribution in [0.15, 0.2) is 156 Å². The highest BCUT2D eigenvalue weighted by atomic mass is 35.5. The molecule has 18 nitrogen and oxygen atoms in total. The van der Waals surface area contributed by atoms with Crippen molar-refractivity contribution in [2.75, 3.05) is 24.6 Å².